The number of ether oxygens (including phenoxy) is 1. The molecule has 0 atom stereocenters. The average molecular weight is 248 g/mol. The molecule has 3 nitrogen and oxygen atoms in total. The van der Waals surface area contributed by atoms with Crippen molar-refractivity contribution in [3.63, 3.8) is 0 Å². The lowest BCUT2D eigenvalue weighted by Crippen LogP contribution is -2.48. The van der Waals surface area contributed by atoms with Crippen LogP contribution in [0.5, 0.6) is 5.75 Å². The molecule has 1 aliphatic heterocycles. The van der Waals surface area contributed by atoms with Gasteiger partial charge in [0.15, 0.2) is 0 Å². The molecule has 3 heteroatoms. The first-order valence-corrected chi connectivity index (χ1v) is 6.73. The van der Waals surface area contributed by atoms with Crippen molar-refractivity contribution in [2.75, 3.05) is 26.7 Å². The standard InChI is InChI=1S/C15H24N2O/c1-15(16)7-10-17(11-8-15)9-6-13-4-3-5-14(12-13)18-2/h3-5,12H,6-11,16H2,1-2H3. The first-order chi connectivity index (χ1) is 8.59. The van der Waals surface area contributed by atoms with Gasteiger partial charge in [-0.15, -0.1) is 0 Å². The van der Waals surface area contributed by atoms with E-state index in [9.17, 15) is 0 Å². The number of benzene rings is 1. The predicted molar refractivity (Wildman–Crippen MR) is 75.0 cm³/mol. The van der Waals surface area contributed by atoms with E-state index in [1.165, 1.54) is 5.56 Å². The lowest BCUT2D eigenvalue weighted by atomic mass is 9.91. The number of likely N-dealkylation sites (tertiary alicyclic amines) is 1. The predicted octanol–water partition coefficient (Wildman–Crippen LogP) is 2.05. The van der Waals surface area contributed by atoms with Crippen LogP contribution in [-0.2, 0) is 6.42 Å². The Balaban J connectivity index is 1.81. The normalized spacial score (nSPS) is 19.7. The highest BCUT2D eigenvalue weighted by Gasteiger charge is 2.25. The molecule has 2 rings (SSSR count). The SMILES string of the molecule is COc1cccc(CCN2CCC(C)(N)CC2)c1. The van der Waals surface area contributed by atoms with Gasteiger partial charge in [-0.2, -0.15) is 0 Å². The molecule has 1 fully saturated rings. The third-order valence-corrected chi connectivity index (χ3v) is 3.85. The van der Waals surface area contributed by atoms with Crippen LogP contribution in [0.3, 0.4) is 0 Å². The third kappa shape index (κ3) is 3.72. The molecule has 0 aliphatic carbocycles. The summed E-state index contributed by atoms with van der Waals surface area (Å²) in [5.74, 6) is 0.945. The summed E-state index contributed by atoms with van der Waals surface area (Å²) in [7, 11) is 1.71. The fraction of sp³-hybridized carbons (Fsp3) is 0.600. The van der Waals surface area contributed by atoms with E-state index in [-0.39, 0.29) is 5.54 Å². The van der Waals surface area contributed by atoms with Crippen LogP contribution in [0.4, 0.5) is 0 Å². The second-order valence-electron chi connectivity index (χ2n) is 5.60. The van der Waals surface area contributed by atoms with E-state index < -0.39 is 0 Å². The van der Waals surface area contributed by atoms with Crippen LogP contribution >= 0.6 is 0 Å². The van der Waals surface area contributed by atoms with E-state index in [0.717, 1.165) is 44.6 Å². The maximum atomic E-state index is 6.14. The lowest BCUT2D eigenvalue weighted by Gasteiger charge is -2.36. The van der Waals surface area contributed by atoms with Crippen LogP contribution in [0.25, 0.3) is 0 Å². The molecule has 0 unspecified atom stereocenters. The number of piperidine rings is 1. The van der Waals surface area contributed by atoms with E-state index in [1.54, 1.807) is 7.11 Å². The zero-order chi connectivity index (χ0) is 13.0. The highest BCUT2D eigenvalue weighted by Crippen LogP contribution is 2.19. The van der Waals surface area contributed by atoms with E-state index in [2.05, 4.69) is 30.0 Å². The van der Waals surface area contributed by atoms with Gasteiger partial charge in [0, 0.05) is 12.1 Å². The third-order valence-electron chi connectivity index (χ3n) is 3.85. The number of hydrogen-bond acceptors (Lipinski definition) is 3. The molecule has 1 aromatic carbocycles. The van der Waals surface area contributed by atoms with E-state index in [1.807, 2.05) is 6.07 Å². The molecule has 1 heterocycles. The van der Waals surface area contributed by atoms with Crippen LogP contribution in [0.2, 0.25) is 0 Å². The van der Waals surface area contributed by atoms with Gasteiger partial charge in [0.2, 0.25) is 0 Å². The largest absolute Gasteiger partial charge is 0.497 e. The van der Waals surface area contributed by atoms with E-state index in [4.69, 9.17) is 10.5 Å². The van der Waals surface area contributed by atoms with Gasteiger partial charge < -0.3 is 15.4 Å². The highest BCUT2D eigenvalue weighted by molar-refractivity contribution is 5.28. The summed E-state index contributed by atoms with van der Waals surface area (Å²) in [4.78, 5) is 2.51. The van der Waals surface area contributed by atoms with E-state index >= 15 is 0 Å². The van der Waals surface area contributed by atoms with Crippen molar-refractivity contribution in [2.24, 2.45) is 5.73 Å². The zero-order valence-corrected chi connectivity index (χ0v) is 11.5. The Morgan fingerprint density at radius 3 is 2.72 bits per heavy atom. The smallest absolute Gasteiger partial charge is 0.119 e. The number of nitrogens with two attached hydrogens (primary N) is 1. The monoisotopic (exact) mass is 248 g/mol. The second-order valence-corrected chi connectivity index (χ2v) is 5.60. The summed E-state index contributed by atoms with van der Waals surface area (Å²) in [6.45, 7) is 5.52. The molecule has 1 aliphatic rings. The molecule has 0 aromatic heterocycles. The van der Waals surface area contributed by atoms with Gasteiger partial charge in [0.25, 0.3) is 0 Å². The Morgan fingerprint density at radius 2 is 2.06 bits per heavy atom. The maximum Gasteiger partial charge on any atom is 0.119 e. The summed E-state index contributed by atoms with van der Waals surface area (Å²) >= 11 is 0. The van der Waals surface area contributed by atoms with Gasteiger partial charge in [-0.3, -0.25) is 0 Å². The first kappa shape index (κ1) is 13.4. The molecule has 0 amide bonds. The van der Waals surface area contributed by atoms with Gasteiger partial charge in [0.05, 0.1) is 7.11 Å². The summed E-state index contributed by atoms with van der Waals surface area (Å²) in [6, 6.07) is 8.34. The van der Waals surface area contributed by atoms with E-state index in [0.29, 0.717) is 0 Å². The molecular weight excluding hydrogens is 224 g/mol. The van der Waals surface area contributed by atoms with Gasteiger partial charge in [-0.25, -0.2) is 0 Å². The summed E-state index contributed by atoms with van der Waals surface area (Å²) in [5.41, 5.74) is 7.53. The van der Waals surface area contributed by atoms with Gasteiger partial charge in [-0.05, 0) is 57.0 Å². The van der Waals surface area contributed by atoms with Crippen molar-refractivity contribution in [1.29, 1.82) is 0 Å². The Morgan fingerprint density at radius 1 is 1.33 bits per heavy atom. The van der Waals surface area contributed by atoms with Crippen molar-refractivity contribution in [3.8, 4) is 5.75 Å². The molecular formula is C15H24N2O. The van der Waals surface area contributed by atoms with Crippen LogP contribution in [0, 0.1) is 0 Å². The number of nitrogens with zero attached hydrogens (tertiary/aromatic N) is 1. The molecule has 1 saturated heterocycles. The van der Waals surface area contributed by atoms with Crippen molar-refractivity contribution >= 4 is 0 Å². The number of methoxy groups -OCH3 is 1. The van der Waals surface area contributed by atoms with Gasteiger partial charge in [0.1, 0.15) is 5.75 Å². The zero-order valence-electron chi connectivity index (χ0n) is 11.5. The van der Waals surface area contributed by atoms with Crippen LogP contribution in [-0.4, -0.2) is 37.2 Å². The summed E-state index contributed by atoms with van der Waals surface area (Å²) < 4.78 is 5.24. The Hall–Kier alpha value is -1.06. The van der Waals surface area contributed by atoms with Crippen LogP contribution in [0.15, 0.2) is 24.3 Å². The maximum absolute atomic E-state index is 6.14. The number of rotatable bonds is 4. The Labute approximate surface area is 110 Å². The molecule has 0 radical (unpaired) electrons. The molecule has 1 aromatic rings. The number of hydrogen-bond donors (Lipinski definition) is 1. The Kier molecular flexibility index (Phi) is 4.25. The summed E-state index contributed by atoms with van der Waals surface area (Å²) in [6.07, 6.45) is 3.29. The molecule has 0 bridgehead atoms. The average Bonchev–Trinajstić information content (AvgIpc) is 2.38. The molecule has 2 N–H and O–H groups in total. The Bertz CT molecular complexity index is 380. The molecule has 18 heavy (non-hydrogen) atoms. The first-order valence-electron chi connectivity index (χ1n) is 6.73. The fourth-order valence-electron chi connectivity index (χ4n) is 2.40. The summed E-state index contributed by atoms with van der Waals surface area (Å²) in [5, 5.41) is 0. The van der Waals surface area contributed by atoms with Crippen molar-refractivity contribution in [1.82, 2.24) is 4.90 Å². The minimum absolute atomic E-state index is 0.0481. The molecule has 0 spiro atoms. The minimum Gasteiger partial charge on any atom is -0.497 e. The van der Waals surface area contributed by atoms with Gasteiger partial charge in [-0.1, -0.05) is 12.1 Å². The quantitative estimate of drug-likeness (QED) is 0.886. The fourth-order valence-corrected chi connectivity index (χ4v) is 2.40. The van der Waals surface area contributed by atoms with Crippen LogP contribution < -0.4 is 10.5 Å². The molecule has 100 valence electrons. The van der Waals surface area contributed by atoms with Crippen molar-refractivity contribution in [3.05, 3.63) is 29.8 Å². The van der Waals surface area contributed by atoms with Crippen molar-refractivity contribution in [2.45, 2.75) is 31.7 Å². The molecule has 0 saturated carbocycles. The second kappa shape index (κ2) is 5.72. The minimum atomic E-state index is 0.0481. The van der Waals surface area contributed by atoms with Gasteiger partial charge >= 0.3 is 0 Å². The lowest BCUT2D eigenvalue weighted by molar-refractivity contribution is 0.173. The highest BCUT2D eigenvalue weighted by atomic mass is 16.5. The topological polar surface area (TPSA) is 38.5 Å². The van der Waals surface area contributed by atoms with Crippen molar-refractivity contribution < 1.29 is 4.74 Å². The van der Waals surface area contributed by atoms with Crippen LogP contribution in [0.1, 0.15) is 25.3 Å².